The van der Waals surface area contributed by atoms with E-state index in [9.17, 15) is 4.79 Å². The molecule has 14 heavy (non-hydrogen) atoms. The molecule has 1 aliphatic heterocycles. The van der Waals surface area contributed by atoms with Crippen LogP contribution in [0, 0.1) is 0 Å². The first-order valence-corrected chi connectivity index (χ1v) is 5.44. The van der Waals surface area contributed by atoms with Gasteiger partial charge in [-0.25, -0.2) is 0 Å². The molecule has 0 aromatic carbocycles. The monoisotopic (exact) mass is 198 g/mol. The van der Waals surface area contributed by atoms with Crippen LogP contribution in [-0.2, 0) is 4.79 Å². The van der Waals surface area contributed by atoms with Gasteiger partial charge in [0.2, 0.25) is 0 Å². The zero-order chi connectivity index (χ0) is 10.7. The average Bonchev–Trinajstić information content (AvgIpc) is 2.10. The van der Waals surface area contributed by atoms with Gasteiger partial charge in [-0.15, -0.1) is 0 Å². The molecular weight excluding hydrogens is 176 g/mol. The number of carbonyl (C=O) groups excluding carboxylic acids is 1. The third-order valence-electron chi connectivity index (χ3n) is 3.22. The zero-order valence-electron chi connectivity index (χ0n) is 9.79. The Kier molecular flexibility index (Phi) is 4.08. The van der Waals surface area contributed by atoms with Crippen molar-refractivity contribution in [1.29, 1.82) is 0 Å². The van der Waals surface area contributed by atoms with E-state index >= 15 is 0 Å². The highest BCUT2D eigenvalue weighted by Crippen LogP contribution is 2.13. The van der Waals surface area contributed by atoms with Crippen molar-refractivity contribution in [3.63, 3.8) is 0 Å². The number of hydrogen-bond donors (Lipinski definition) is 0. The second-order valence-corrected chi connectivity index (χ2v) is 4.58. The molecule has 1 heterocycles. The van der Waals surface area contributed by atoms with Crippen LogP contribution in [0.3, 0.4) is 0 Å². The van der Waals surface area contributed by atoms with Gasteiger partial charge in [-0.3, -0.25) is 14.6 Å². The number of ketones is 1. The van der Waals surface area contributed by atoms with E-state index in [4.69, 9.17) is 0 Å². The van der Waals surface area contributed by atoms with Crippen molar-refractivity contribution in [2.24, 2.45) is 0 Å². The minimum atomic E-state index is 0.296. The molecule has 0 aromatic rings. The van der Waals surface area contributed by atoms with E-state index in [1.165, 1.54) is 0 Å². The molecule has 0 saturated carbocycles. The standard InChI is InChI=1S/C11H22N2O/c1-9-7-13(6-5-11(3)14)8-10(2)12(9)4/h9-10H,5-8H2,1-4H3. The summed E-state index contributed by atoms with van der Waals surface area (Å²) in [6.45, 7) is 9.27. The molecular formula is C11H22N2O. The molecule has 1 aliphatic rings. The van der Waals surface area contributed by atoms with E-state index in [0.29, 0.717) is 24.3 Å². The molecule has 0 aromatic heterocycles. The van der Waals surface area contributed by atoms with Gasteiger partial charge in [0.05, 0.1) is 0 Å². The highest BCUT2D eigenvalue weighted by atomic mass is 16.1. The SMILES string of the molecule is CC(=O)CCN1CC(C)N(C)C(C)C1. The van der Waals surface area contributed by atoms with Crippen molar-refractivity contribution in [2.45, 2.75) is 39.3 Å². The van der Waals surface area contributed by atoms with Crippen molar-refractivity contribution in [2.75, 3.05) is 26.7 Å². The van der Waals surface area contributed by atoms with Crippen molar-refractivity contribution in [3.05, 3.63) is 0 Å². The molecule has 0 aliphatic carbocycles. The minimum absolute atomic E-state index is 0.296. The third kappa shape index (κ3) is 3.07. The number of likely N-dealkylation sites (N-methyl/N-ethyl adjacent to an activating group) is 1. The summed E-state index contributed by atoms with van der Waals surface area (Å²) in [7, 11) is 2.18. The predicted octanol–water partition coefficient (Wildman–Crippen LogP) is 0.990. The lowest BCUT2D eigenvalue weighted by Gasteiger charge is -2.42. The van der Waals surface area contributed by atoms with Gasteiger partial charge in [0.25, 0.3) is 0 Å². The summed E-state index contributed by atoms with van der Waals surface area (Å²) in [5.74, 6) is 0.296. The Morgan fingerprint density at radius 2 is 1.79 bits per heavy atom. The molecule has 3 nitrogen and oxygen atoms in total. The van der Waals surface area contributed by atoms with Crippen LogP contribution >= 0.6 is 0 Å². The van der Waals surface area contributed by atoms with Gasteiger partial charge in [0.1, 0.15) is 5.78 Å². The van der Waals surface area contributed by atoms with E-state index in [1.54, 1.807) is 6.92 Å². The van der Waals surface area contributed by atoms with E-state index in [-0.39, 0.29) is 0 Å². The van der Waals surface area contributed by atoms with Crippen molar-refractivity contribution in [1.82, 2.24) is 9.80 Å². The summed E-state index contributed by atoms with van der Waals surface area (Å²) >= 11 is 0. The predicted molar refractivity (Wildman–Crippen MR) is 58.4 cm³/mol. The summed E-state index contributed by atoms with van der Waals surface area (Å²) < 4.78 is 0. The fourth-order valence-corrected chi connectivity index (χ4v) is 2.01. The van der Waals surface area contributed by atoms with Gasteiger partial charge in [0.15, 0.2) is 0 Å². The number of hydrogen-bond acceptors (Lipinski definition) is 3. The molecule has 1 fully saturated rings. The Morgan fingerprint density at radius 1 is 1.29 bits per heavy atom. The Morgan fingerprint density at radius 3 is 2.21 bits per heavy atom. The van der Waals surface area contributed by atoms with Crippen molar-refractivity contribution >= 4 is 5.78 Å². The lowest BCUT2D eigenvalue weighted by atomic mass is 10.1. The Balaban J connectivity index is 2.38. The number of nitrogens with zero attached hydrogens (tertiary/aromatic N) is 2. The number of carbonyl (C=O) groups is 1. The average molecular weight is 198 g/mol. The molecule has 0 bridgehead atoms. The van der Waals surface area contributed by atoms with Crippen LogP contribution < -0.4 is 0 Å². The Hall–Kier alpha value is -0.410. The highest BCUT2D eigenvalue weighted by Gasteiger charge is 2.25. The minimum Gasteiger partial charge on any atom is -0.300 e. The lowest BCUT2D eigenvalue weighted by molar-refractivity contribution is -0.117. The van der Waals surface area contributed by atoms with E-state index < -0.39 is 0 Å². The summed E-state index contributed by atoms with van der Waals surface area (Å²) in [6.07, 6.45) is 0.698. The van der Waals surface area contributed by atoms with Crippen LogP contribution in [0.1, 0.15) is 27.2 Å². The fourth-order valence-electron chi connectivity index (χ4n) is 2.01. The van der Waals surface area contributed by atoms with Crippen LogP contribution in [-0.4, -0.2) is 54.3 Å². The normalized spacial score (nSPS) is 30.6. The van der Waals surface area contributed by atoms with Crippen LogP contribution in [0.4, 0.5) is 0 Å². The van der Waals surface area contributed by atoms with Crippen LogP contribution in [0.15, 0.2) is 0 Å². The van der Waals surface area contributed by atoms with Gasteiger partial charge >= 0.3 is 0 Å². The van der Waals surface area contributed by atoms with Crippen molar-refractivity contribution in [3.8, 4) is 0 Å². The molecule has 82 valence electrons. The zero-order valence-corrected chi connectivity index (χ0v) is 9.79. The van der Waals surface area contributed by atoms with Crippen LogP contribution in [0.25, 0.3) is 0 Å². The third-order valence-corrected chi connectivity index (χ3v) is 3.22. The first-order chi connectivity index (χ1) is 6.50. The molecule has 0 spiro atoms. The first kappa shape index (κ1) is 11.7. The summed E-state index contributed by atoms with van der Waals surface area (Å²) in [5.41, 5.74) is 0. The van der Waals surface area contributed by atoms with E-state index in [0.717, 1.165) is 19.6 Å². The largest absolute Gasteiger partial charge is 0.300 e. The Labute approximate surface area is 87.1 Å². The summed E-state index contributed by atoms with van der Waals surface area (Å²) in [4.78, 5) is 15.7. The molecule has 2 unspecified atom stereocenters. The van der Waals surface area contributed by atoms with Crippen LogP contribution in [0.2, 0.25) is 0 Å². The molecule has 2 atom stereocenters. The maximum atomic E-state index is 10.9. The van der Waals surface area contributed by atoms with Crippen LogP contribution in [0.5, 0.6) is 0 Å². The molecule has 0 amide bonds. The second-order valence-electron chi connectivity index (χ2n) is 4.58. The number of piperazine rings is 1. The molecule has 0 radical (unpaired) electrons. The second kappa shape index (κ2) is 4.89. The lowest BCUT2D eigenvalue weighted by Crippen LogP contribution is -2.55. The fraction of sp³-hybridized carbons (Fsp3) is 0.909. The smallest absolute Gasteiger partial charge is 0.131 e. The first-order valence-electron chi connectivity index (χ1n) is 5.44. The van der Waals surface area contributed by atoms with E-state index in [2.05, 4.69) is 30.7 Å². The summed E-state index contributed by atoms with van der Waals surface area (Å²) in [5, 5.41) is 0. The number of Topliss-reactive ketones (excluding diaryl/α,β-unsaturated/α-hetero) is 1. The quantitative estimate of drug-likeness (QED) is 0.675. The van der Waals surface area contributed by atoms with Crippen molar-refractivity contribution < 1.29 is 4.79 Å². The highest BCUT2D eigenvalue weighted by molar-refractivity contribution is 5.75. The molecule has 0 N–H and O–H groups in total. The van der Waals surface area contributed by atoms with Gasteiger partial charge in [-0.2, -0.15) is 0 Å². The van der Waals surface area contributed by atoms with Gasteiger partial charge in [-0.1, -0.05) is 0 Å². The van der Waals surface area contributed by atoms with Gasteiger partial charge < -0.3 is 0 Å². The maximum Gasteiger partial charge on any atom is 0.131 e. The van der Waals surface area contributed by atoms with Gasteiger partial charge in [-0.05, 0) is 27.8 Å². The maximum absolute atomic E-state index is 10.9. The Bertz CT molecular complexity index is 193. The topological polar surface area (TPSA) is 23.6 Å². The van der Waals surface area contributed by atoms with Gasteiger partial charge in [0, 0.05) is 38.1 Å². The van der Waals surface area contributed by atoms with E-state index in [1.807, 2.05) is 0 Å². The molecule has 1 rings (SSSR count). The summed E-state index contributed by atoms with van der Waals surface area (Å²) in [6, 6.07) is 1.21. The number of rotatable bonds is 3. The molecule has 1 saturated heterocycles. The molecule has 3 heteroatoms.